The lowest BCUT2D eigenvalue weighted by Gasteiger charge is -2.28. The van der Waals surface area contributed by atoms with Gasteiger partial charge < -0.3 is 9.47 Å². The van der Waals surface area contributed by atoms with E-state index in [0.29, 0.717) is 30.2 Å². The van der Waals surface area contributed by atoms with E-state index < -0.39 is 46.8 Å². The highest BCUT2D eigenvalue weighted by Crippen LogP contribution is 2.35. The molecule has 1 fully saturated rings. The summed E-state index contributed by atoms with van der Waals surface area (Å²) in [5, 5.41) is 0. The van der Waals surface area contributed by atoms with Crippen LogP contribution in [0, 0.1) is 35.0 Å². The quantitative estimate of drug-likeness (QED) is 0.263. The van der Waals surface area contributed by atoms with Gasteiger partial charge in [-0.05, 0) is 47.6 Å². The molecule has 4 rings (SSSR count). The third-order valence-corrected chi connectivity index (χ3v) is 6.07. The molecule has 3 atom stereocenters. The Labute approximate surface area is 193 Å². The maximum atomic E-state index is 14.6. The van der Waals surface area contributed by atoms with E-state index >= 15 is 0 Å². The summed E-state index contributed by atoms with van der Waals surface area (Å²) in [4.78, 5) is 0. The summed E-state index contributed by atoms with van der Waals surface area (Å²) in [5.74, 6) is -7.68. The van der Waals surface area contributed by atoms with Gasteiger partial charge in [-0.15, -0.1) is 0 Å². The molecule has 0 N–H and O–H groups in total. The first-order valence-corrected chi connectivity index (χ1v) is 10.9. The average Bonchev–Trinajstić information content (AvgIpc) is 2.82. The van der Waals surface area contributed by atoms with E-state index in [1.54, 1.807) is 12.1 Å². The Morgan fingerprint density at radius 3 is 2.00 bits per heavy atom. The summed E-state index contributed by atoms with van der Waals surface area (Å²) in [5.41, 5.74) is 0.583. The van der Waals surface area contributed by atoms with Crippen LogP contribution < -0.4 is 4.74 Å². The highest BCUT2D eigenvalue weighted by atomic mass is 19.2. The minimum Gasteiger partial charge on any atom is -0.456 e. The maximum absolute atomic E-state index is 14.6. The minimum absolute atomic E-state index is 0.0294. The molecule has 8 heteroatoms. The van der Waals surface area contributed by atoms with Gasteiger partial charge in [0.1, 0.15) is 17.4 Å². The molecule has 3 unspecified atom stereocenters. The number of rotatable bonds is 6. The summed E-state index contributed by atoms with van der Waals surface area (Å²) in [6.07, 6.45) is 0.302. The number of alkyl halides is 1. The van der Waals surface area contributed by atoms with Gasteiger partial charge >= 0.3 is 0 Å². The van der Waals surface area contributed by atoms with E-state index in [1.165, 1.54) is 0 Å². The fraction of sp³-hybridized carbons (Fsp3) is 0.308. The number of benzene rings is 3. The molecule has 0 saturated carbocycles. The van der Waals surface area contributed by atoms with Crippen LogP contribution in [-0.2, 0) is 4.74 Å². The molecule has 1 saturated heterocycles. The third-order valence-electron chi connectivity index (χ3n) is 6.07. The Balaban J connectivity index is 1.51. The van der Waals surface area contributed by atoms with Crippen molar-refractivity contribution in [2.45, 2.75) is 38.6 Å². The highest BCUT2D eigenvalue weighted by molar-refractivity contribution is 5.64. The van der Waals surface area contributed by atoms with Crippen LogP contribution in [0.25, 0.3) is 11.1 Å². The Morgan fingerprint density at radius 1 is 0.853 bits per heavy atom. The number of ether oxygens (including phenoxy) is 2. The van der Waals surface area contributed by atoms with Gasteiger partial charge in [0, 0.05) is 12.1 Å². The smallest absolute Gasteiger partial charge is 0.269 e. The van der Waals surface area contributed by atoms with Gasteiger partial charge in [0.2, 0.25) is 0 Å². The zero-order chi connectivity index (χ0) is 24.4. The second-order valence-corrected chi connectivity index (χ2v) is 8.28. The van der Waals surface area contributed by atoms with Crippen LogP contribution in [0.3, 0.4) is 0 Å². The molecule has 2 nitrogen and oxygen atoms in total. The van der Waals surface area contributed by atoms with Gasteiger partial charge in [0.05, 0.1) is 18.3 Å². The topological polar surface area (TPSA) is 18.5 Å². The molecule has 34 heavy (non-hydrogen) atoms. The van der Waals surface area contributed by atoms with Crippen LogP contribution >= 0.6 is 0 Å². The van der Waals surface area contributed by atoms with E-state index in [2.05, 4.69) is 11.7 Å². The molecule has 1 heterocycles. The third kappa shape index (κ3) is 5.06. The first-order valence-electron chi connectivity index (χ1n) is 10.9. The van der Waals surface area contributed by atoms with Crippen molar-refractivity contribution in [1.29, 1.82) is 0 Å². The lowest BCUT2D eigenvalue weighted by atomic mass is 9.92. The molecular weight excluding hydrogens is 458 g/mol. The molecule has 0 amide bonds. The van der Waals surface area contributed by atoms with Crippen molar-refractivity contribution < 1.29 is 35.8 Å². The summed E-state index contributed by atoms with van der Waals surface area (Å²) >= 11 is 0. The zero-order valence-corrected chi connectivity index (χ0v) is 18.3. The van der Waals surface area contributed by atoms with Crippen LogP contribution in [0.4, 0.5) is 26.3 Å². The van der Waals surface area contributed by atoms with E-state index in [9.17, 15) is 26.3 Å². The monoisotopic (exact) mass is 480 g/mol. The summed E-state index contributed by atoms with van der Waals surface area (Å²) in [6, 6.07) is 9.71. The van der Waals surface area contributed by atoms with Crippen molar-refractivity contribution in [3.8, 4) is 16.9 Å². The fourth-order valence-corrected chi connectivity index (χ4v) is 4.03. The van der Waals surface area contributed by atoms with Gasteiger partial charge in [-0.25, -0.2) is 22.0 Å². The van der Waals surface area contributed by atoms with Gasteiger partial charge in [-0.3, -0.25) is 0 Å². The van der Waals surface area contributed by atoms with Crippen molar-refractivity contribution in [2.24, 2.45) is 5.92 Å². The highest BCUT2D eigenvalue weighted by Gasteiger charge is 2.25. The van der Waals surface area contributed by atoms with Crippen LogP contribution in [0.2, 0.25) is 0 Å². The Kier molecular flexibility index (Phi) is 7.16. The second kappa shape index (κ2) is 10.1. The zero-order valence-electron chi connectivity index (χ0n) is 18.3. The lowest BCUT2D eigenvalue weighted by Crippen LogP contribution is -2.20. The molecule has 0 aliphatic carbocycles. The number of hydrogen-bond donors (Lipinski definition) is 0. The van der Waals surface area contributed by atoms with Crippen LogP contribution in [0.5, 0.6) is 5.75 Å². The van der Waals surface area contributed by atoms with Gasteiger partial charge in [-0.2, -0.15) is 4.39 Å². The second-order valence-electron chi connectivity index (χ2n) is 8.28. The van der Waals surface area contributed by atoms with E-state index in [-0.39, 0.29) is 11.7 Å². The van der Waals surface area contributed by atoms with Crippen molar-refractivity contribution in [3.05, 3.63) is 88.7 Å². The maximum Gasteiger partial charge on any atom is 0.269 e. The van der Waals surface area contributed by atoms with E-state index in [0.717, 1.165) is 37.0 Å². The average molecular weight is 480 g/mol. The van der Waals surface area contributed by atoms with Crippen molar-refractivity contribution in [2.75, 3.05) is 6.61 Å². The Bertz CT molecular complexity index is 1110. The predicted octanol–water partition coefficient (Wildman–Crippen LogP) is 7.97. The first-order chi connectivity index (χ1) is 16.3. The standard InChI is InChI=1S/C26H22F6O2/c1-2-14-3-8-23(33-13-14)16-6-4-15(5-7-16)17-9-19(27)24(20(28)10-17)26(32)34-18-11-21(29)25(31)22(30)12-18/h4-7,9-12,14,23,26H,2-3,8,13H2,1H3. The molecular formula is C26H22F6O2. The molecule has 0 spiro atoms. The summed E-state index contributed by atoms with van der Waals surface area (Å²) < 4.78 is 93.9. The Hall–Kier alpha value is -3.00. The van der Waals surface area contributed by atoms with Crippen molar-refractivity contribution >= 4 is 0 Å². The minimum atomic E-state index is -2.71. The van der Waals surface area contributed by atoms with E-state index in [1.807, 2.05) is 12.1 Å². The molecule has 0 aromatic heterocycles. The predicted molar refractivity (Wildman–Crippen MR) is 114 cm³/mol. The molecule has 3 aromatic rings. The number of hydrogen-bond acceptors (Lipinski definition) is 2. The molecule has 180 valence electrons. The van der Waals surface area contributed by atoms with Gasteiger partial charge in [-0.1, -0.05) is 37.6 Å². The van der Waals surface area contributed by atoms with Crippen molar-refractivity contribution in [3.63, 3.8) is 0 Å². The molecule has 0 radical (unpaired) electrons. The lowest BCUT2D eigenvalue weighted by molar-refractivity contribution is -0.0180. The first kappa shape index (κ1) is 24.1. The van der Waals surface area contributed by atoms with Crippen LogP contribution in [0.15, 0.2) is 48.5 Å². The van der Waals surface area contributed by atoms with Crippen molar-refractivity contribution in [1.82, 2.24) is 0 Å². The molecule has 3 aromatic carbocycles. The van der Waals surface area contributed by atoms with E-state index in [4.69, 9.17) is 4.74 Å². The summed E-state index contributed by atoms with van der Waals surface area (Å²) in [6.45, 7) is 2.83. The van der Waals surface area contributed by atoms with Gasteiger partial charge in [0.25, 0.3) is 6.36 Å². The fourth-order valence-electron chi connectivity index (χ4n) is 4.03. The Morgan fingerprint density at radius 2 is 1.47 bits per heavy atom. The molecule has 0 bridgehead atoms. The normalized spacial score (nSPS) is 19.1. The largest absolute Gasteiger partial charge is 0.456 e. The van der Waals surface area contributed by atoms with Gasteiger partial charge in [0.15, 0.2) is 17.5 Å². The van der Waals surface area contributed by atoms with Crippen LogP contribution in [-0.4, -0.2) is 6.61 Å². The van der Waals surface area contributed by atoms with Crippen LogP contribution in [0.1, 0.15) is 49.8 Å². The molecule has 1 aliphatic rings. The SMILES string of the molecule is CCC1CCC(c2ccc(-c3cc(F)c(C(F)Oc4cc(F)c(F)c(F)c4)c(F)c3)cc2)OC1. The number of halogens is 6. The molecule has 1 aliphatic heterocycles. The summed E-state index contributed by atoms with van der Waals surface area (Å²) in [7, 11) is 0.